The van der Waals surface area contributed by atoms with Gasteiger partial charge in [0.05, 0.1) is 7.11 Å². The van der Waals surface area contributed by atoms with Crippen LogP contribution in [0.4, 0.5) is 0 Å². The maximum absolute atomic E-state index is 12.8. The van der Waals surface area contributed by atoms with Gasteiger partial charge in [-0.1, -0.05) is 44.2 Å². The molecule has 0 bridgehead atoms. The van der Waals surface area contributed by atoms with Crippen LogP contribution in [0, 0.1) is 0 Å². The van der Waals surface area contributed by atoms with Gasteiger partial charge in [-0.25, -0.2) is 0 Å². The Bertz CT molecular complexity index is 813. The van der Waals surface area contributed by atoms with E-state index >= 15 is 0 Å². The van der Waals surface area contributed by atoms with Crippen LogP contribution in [0.3, 0.4) is 0 Å². The monoisotopic (exact) mass is 395 g/mol. The first kappa shape index (κ1) is 22.2. The van der Waals surface area contributed by atoms with E-state index in [1.54, 1.807) is 49.6 Å². The summed E-state index contributed by atoms with van der Waals surface area (Å²) >= 11 is 0. The highest BCUT2D eigenvalue weighted by atomic mass is 16.5. The number of nitrogens with one attached hydrogen (secondary N) is 2. The lowest BCUT2D eigenvalue weighted by Crippen LogP contribution is -2.39. The van der Waals surface area contributed by atoms with Crippen molar-refractivity contribution in [1.82, 2.24) is 15.5 Å². The summed E-state index contributed by atoms with van der Waals surface area (Å²) in [7, 11) is 1.60. The molecule has 29 heavy (non-hydrogen) atoms. The van der Waals surface area contributed by atoms with Crippen molar-refractivity contribution in [3.05, 3.63) is 71.4 Å². The summed E-state index contributed by atoms with van der Waals surface area (Å²) in [5.41, 5.74) is 1.47. The van der Waals surface area contributed by atoms with Gasteiger partial charge in [-0.15, -0.1) is 0 Å². The van der Waals surface area contributed by atoms with Gasteiger partial charge in [-0.2, -0.15) is 0 Å². The Kier molecular flexibility index (Phi) is 8.92. The van der Waals surface area contributed by atoms with Gasteiger partial charge in [0, 0.05) is 18.7 Å². The molecule has 0 aliphatic heterocycles. The first-order valence-electron chi connectivity index (χ1n) is 9.80. The van der Waals surface area contributed by atoms with Gasteiger partial charge < -0.3 is 20.3 Å². The Labute approximate surface area is 172 Å². The fourth-order valence-corrected chi connectivity index (χ4v) is 2.77. The number of ether oxygens (including phenoxy) is 1. The van der Waals surface area contributed by atoms with E-state index in [0.717, 1.165) is 30.9 Å². The van der Waals surface area contributed by atoms with Crippen LogP contribution < -0.4 is 15.4 Å². The molecule has 0 unspecified atom stereocenters. The van der Waals surface area contributed by atoms with E-state index in [-0.39, 0.29) is 17.5 Å². The quantitative estimate of drug-likeness (QED) is 0.607. The van der Waals surface area contributed by atoms with E-state index < -0.39 is 0 Å². The molecule has 2 aromatic rings. The maximum atomic E-state index is 12.8. The molecule has 2 N–H and O–H groups in total. The molecule has 0 aliphatic rings. The molecule has 154 valence electrons. The highest BCUT2D eigenvalue weighted by molar-refractivity contribution is 6.05. The van der Waals surface area contributed by atoms with Crippen LogP contribution in [0.1, 0.15) is 29.8 Å². The van der Waals surface area contributed by atoms with Crippen LogP contribution >= 0.6 is 0 Å². The molecule has 6 heteroatoms. The Hall–Kier alpha value is -3.12. The number of hydrogen-bond donors (Lipinski definition) is 2. The van der Waals surface area contributed by atoms with E-state index in [0.29, 0.717) is 12.1 Å². The van der Waals surface area contributed by atoms with Crippen molar-refractivity contribution < 1.29 is 14.3 Å². The van der Waals surface area contributed by atoms with E-state index in [9.17, 15) is 9.59 Å². The minimum atomic E-state index is -0.329. The van der Waals surface area contributed by atoms with Gasteiger partial charge in [0.2, 0.25) is 0 Å². The zero-order chi connectivity index (χ0) is 21.1. The van der Waals surface area contributed by atoms with E-state index in [1.165, 1.54) is 0 Å². The van der Waals surface area contributed by atoms with E-state index in [1.807, 2.05) is 18.2 Å². The molecular weight excluding hydrogens is 366 g/mol. The summed E-state index contributed by atoms with van der Waals surface area (Å²) in [5.74, 6) is 0.0715. The van der Waals surface area contributed by atoms with Crippen molar-refractivity contribution >= 4 is 17.9 Å². The average molecular weight is 396 g/mol. The Morgan fingerprint density at radius 2 is 1.66 bits per heavy atom. The van der Waals surface area contributed by atoms with Crippen molar-refractivity contribution in [1.29, 1.82) is 0 Å². The van der Waals surface area contributed by atoms with Crippen LogP contribution in [-0.4, -0.2) is 50.0 Å². The highest BCUT2D eigenvalue weighted by Gasteiger charge is 2.14. The third-order valence-electron chi connectivity index (χ3n) is 4.56. The van der Waals surface area contributed by atoms with Crippen LogP contribution in [0.5, 0.6) is 5.75 Å². The van der Waals surface area contributed by atoms with Crippen molar-refractivity contribution in [3.8, 4) is 5.75 Å². The van der Waals surface area contributed by atoms with Crippen LogP contribution in [0.25, 0.3) is 6.08 Å². The lowest BCUT2D eigenvalue weighted by molar-refractivity contribution is -0.117. The minimum absolute atomic E-state index is 0.198. The minimum Gasteiger partial charge on any atom is -0.497 e. The second-order valence-electron chi connectivity index (χ2n) is 6.43. The van der Waals surface area contributed by atoms with Gasteiger partial charge in [0.25, 0.3) is 11.8 Å². The second-order valence-corrected chi connectivity index (χ2v) is 6.43. The lowest BCUT2D eigenvalue weighted by atomic mass is 10.1. The molecule has 0 saturated carbocycles. The molecule has 0 atom stereocenters. The first-order chi connectivity index (χ1) is 14.1. The normalized spacial score (nSPS) is 11.2. The van der Waals surface area contributed by atoms with Crippen molar-refractivity contribution in [2.45, 2.75) is 13.8 Å². The van der Waals surface area contributed by atoms with Crippen molar-refractivity contribution in [3.63, 3.8) is 0 Å². The number of methoxy groups -OCH3 is 1. The largest absolute Gasteiger partial charge is 0.497 e. The number of benzene rings is 2. The Morgan fingerprint density at radius 1 is 1.00 bits per heavy atom. The van der Waals surface area contributed by atoms with E-state index in [2.05, 4.69) is 29.4 Å². The number of rotatable bonds is 10. The number of nitrogens with zero attached hydrogens (tertiary/aromatic N) is 1. The molecule has 0 radical (unpaired) electrons. The molecule has 2 aromatic carbocycles. The number of carbonyl (C=O) groups excluding carboxylic acids is 2. The van der Waals surface area contributed by atoms with Crippen molar-refractivity contribution in [2.24, 2.45) is 0 Å². The molecule has 2 rings (SSSR count). The summed E-state index contributed by atoms with van der Waals surface area (Å²) in [6, 6.07) is 16.1. The number of hydrogen-bond acceptors (Lipinski definition) is 4. The summed E-state index contributed by atoms with van der Waals surface area (Å²) in [6.45, 7) is 7.26. The van der Waals surface area contributed by atoms with Crippen molar-refractivity contribution in [2.75, 3.05) is 33.3 Å². The number of amides is 2. The third kappa shape index (κ3) is 7.08. The van der Waals surface area contributed by atoms with Gasteiger partial charge in [0.15, 0.2) is 0 Å². The zero-order valence-corrected chi connectivity index (χ0v) is 17.3. The Balaban J connectivity index is 2.16. The predicted octanol–water partition coefficient (Wildman–Crippen LogP) is 2.92. The standard InChI is InChI=1S/C23H29N3O3/c1-4-26(5-2)16-15-24-23(28)21(17-18-11-13-20(29-3)14-12-18)25-22(27)19-9-7-6-8-10-19/h6-14,17H,4-5,15-16H2,1-3H3,(H,24,28)(H,25,27)/b21-17+. The second kappa shape index (κ2) is 11.7. The fraction of sp³-hybridized carbons (Fsp3) is 0.304. The van der Waals surface area contributed by atoms with Gasteiger partial charge in [-0.3, -0.25) is 9.59 Å². The number of likely N-dealkylation sites (N-methyl/N-ethyl adjacent to an activating group) is 1. The van der Waals surface area contributed by atoms with Gasteiger partial charge >= 0.3 is 0 Å². The summed E-state index contributed by atoms with van der Waals surface area (Å²) in [5, 5.41) is 5.63. The summed E-state index contributed by atoms with van der Waals surface area (Å²) in [6.07, 6.45) is 1.66. The van der Waals surface area contributed by atoms with Crippen LogP contribution in [0.15, 0.2) is 60.3 Å². The van der Waals surface area contributed by atoms with Crippen LogP contribution in [-0.2, 0) is 4.79 Å². The van der Waals surface area contributed by atoms with Gasteiger partial charge in [-0.05, 0) is 49.0 Å². The summed E-state index contributed by atoms with van der Waals surface area (Å²) in [4.78, 5) is 27.5. The van der Waals surface area contributed by atoms with Gasteiger partial charge in [0.1, 0.15) is 11.4 Å². The molecule has 0 heterocycles. The van der Waals surface area contributed by atoms with Crippen LogP contribution in [0.2, 0.25) is 0 Å². The van der Waals surface area contributed by atoms with E-state index in [4.69, 9.17) is 4.74 Å². The molecule has 0 aromatic heterocycles. The average Bonchev–Trinajstić information content (AvgIpc) is 2.77. The Morgan fingerprint density at radius 3 is 2.24 bits per heavy atom. The zero-order valence-electron chi connectivity index (χ0n) is 17.3. The smallest absolute Gasteiger partial charge is 0.267 e. The first-order valence-corrected chi connectivity index (χ1v) is 9.80. The molecule has 0 aliphatic carbocycles. The fourth-order valence-electron chi connectivity index (χ4n) is 2.77. The molecule has 6 nitrogen and oxygen atoms in total. The summed E-state index contributed by atoms with van der Waals surface area (Å²) < 4.78 is 5.17. The molecule has 2 amide bonds. The molecule has 0 fully saturated rings. The molecule has 0 saturated heterocycles. The SMILES string of the molecule is CCN(CC)CCNC(=O)/C(=C\c1ccc(OC)cc1)NC(=O)c1ccccc1. The molecule has 0 spiro atoms. The number of carbonyl (C=O) groups is 2. The topological polar surface area (TPSA) is 70.7 Å². The predicted molar refractivity (Wildman–Crippen MR) is 116 cm³/mol. The highest BCUT2D eigenvalue weighted by Crippen LogP contribution is 2.14. The lowest BCUT2D eigenvalue weighted by Gasteiger charge is -2.18. The third-order valence-corrected chi connectivity index (χ3v) is 4.56. The maximum Gasteiger partial charge on any atom is 0.267 e. The molecular formula is C23H29N3O3.